The molecule has 5 nitrogen and oxygen atoms in total. The van der Waals surface area contributed by atoms with Crippen LogP contribution in [-0.4, -0.2) is 19.3 Å². The Morgan fingerprint density at radius 2 is 2.19 bits per heavy atom. The molecule has 0 aliphatic heterocycles. The van der Waals surface area contributed by atoms with Crippen LogP contribution in [0.15, 0.2) is 30.6 Å². The fourth-order valence-electron chi connectivity index (χ4n) is 2.57. The van der Waals surface area contributed by atoms with Gasteiger partial charge in [-0.2, -0.15) is 5.10 Å². The van der Waals surface area contributed by atoms with Gasteiger partial charge in [-0.3, -0.25) is 4.68 Å². The maximum Gasteiger partial charge on any atom is 0.131 e. The molecule has 0 saturated carbocycles. The average molecular weight is 304 g/mol. The molecular weight excluding hydrogens is 286 g/mol. The fourth-order valence-corrected chi connectivity index (χ4v) is 2.73. The van der Waals surface area contributed by atoms with E-state index in [1.807, 2.05) is 31.4 Å². The lowest BCUT2D eigenvalue weighted by atomic mass is 10.1. The quantitative estimate of drug-likeness (QED) is 0.806. The van der Waals surface area contributed by atoms with Crippen molar-refractivity contribution in [3.05, 3.63) is 47.0 Å². The van der Waals surface area contributed by atoms with Crippen molar-refractivity contribution in [1.29, 1.82) is 0 Å². The molecular formula is C15H18ClN5. The summed E-state index contributed by atoms with van der Waals surface area (Å²) in [5.41, 5.74) is 9.29. The first-order valence-corrected chi connectivity index (χ1v) is 7.37. The Labute approximate surface area is 128 Å². The van der Waals surface area contributed by atoms with Crippen LogP contribution in [0.1, 0.15) is 30.8 Å². The lowest BCUT2D eigenvalue weighted by molar-refractivity contribution is 0.627. The van der Waals surface area contributed by atoms with Crippen molar-refractivity contribution in [1.82, 2.24) is 19.3 Å². The molecule has 21 heavy (non-hydrogen) atoms. The molecule has 0 radical (unpaired) electrons. The maximum atomic E-state index is 6.39. The van der Waals surface area contributed by atoms with Crippen molar-refractivity contribution >= 4 is 22.6 Å². The first-order valence-electron chi connectivity index (χ1n) is 7.00. The third-order valence-corrected chi connectivity index (χ3v) is 3.78. The minimum Gasteiger partial charge on any atom is -0.326 e. The number of nitrogens with two attached hydrogens (primary N) is 1. The Hall–Kier alpha value is -1.85. The first kappa shape index (κ1) is 14.1. The second-order valence-electron chi connectivity index (χ2n) is 5.18. The second-order valence-corrected chi connectivity index (χ2v) is 5.62. The molecule has 0 fully saturated rings. The summed E-state index contributed by atoms with van der Waals surface area (Å²) < 4.78 is 3.92. The molecule has 1 atom stereocenters. The average Bonchev–Trinajstić information content (AvgIpc) is 3.03. The molecule has 2 N–H and O–H groups in total. The number of aromatic nitrogens is 4. The summed E-state index contributed by atoms with van der Waals surface area (Å²) in [6, 6.07) is 5.47. The number of fused-ring (bicyclic) bond motifs is 1. The summed E-state index contributed by atoms with van der Waals surface area (Å²) in [6.07, 6.45) is 4.72. The van der Waals surface area contributed by atoms with Gasteiger partial charge in [0.2, 0.25) is 0 Å². The predicted octanol–water partition coefficient (Wildman–Crippen LogP) is 2.88. The Bertz CT molecular complexity index is 774. The molecule has 3 aromatic rings. The number of benzene rings is 1. The van der Waals surface area contributed by atoms with Crippen molar-refractivity contribution in [2.75, 3.05) is 0 Å². The van der Waals surface area contributed by atoms with Crippen LogP contribution in [0.2, 0.25) is 5.02 Å². The smallest absolute Gasteiger partial charge is 0.131 e. The molecule has 3 rings (SSSR count). The predicted molar refractivity (Wildman–Crippen MR) is 84.3 cm³/mol. The van der Waals surface area contributed by atoms with Gasteiger partial charge in [-0.25, -0.2) is 4.98 Å². The van der Waals surface area contributed by atoms with E-state index in [1.54, 1.807) is 10.9 Å². The highest BCUT2D eigenvalue weighted by atomic mass is 35.5. The van der Waals surface area contributed by atoms with E-state index >= 15 is 0 Å². The van der Waals surface area contributed by atoms with E-state index in [4.69, 9.17) is 22.3 Å². The van der Waals surface area contributed by atoms with Gasteiger partial charge in [-0.05, 0) is 24.6 Å². The topological polar surface area (TPSA) is 61.7 Å². The summed E-state index contributed by atoms with van der Waals surface area (Å²) in [6.45, 7) is 3.02. The molecule has 2 heterocycles. The van der Waals surface area contributed by atoms with Gasteiger partial charge < -0.3 is 10.3 Å². The van der Waals surface area contributed by atoms with Crippen molar-refractivity contribution in [2.45, 2.75) is 25.9 Å². The van der Waals surface area contributed by atoms with E-state index in [0.29, 0.717) is 5.02 Å². The van der Waals surface area contributed by atoms with E-state index in [0.717, 1.165) is 35.4 Å². The van der Waals surface area contributed by atoms with E-state index in [-0.39, 0.29) is 6.04 Å². The lowest BCUT2D eigenvalue weighted by Gasteiger charge is -2.12. The number of hydrogen-bond acceptors (Lipinski definition) is 3. The summed E-state index contributed by atoms with van der Waals surface area (Å²) in [5.74, 6) is 0.849. The molecule has 6 heteroatoms. The van der Waals surface area contributed by atoms with Crippen LogP contribution in [0.4, 0.5) is 0 Å². The van der Waals surface area contributed by atoms with Gasteiger partial charge in [-0.1, -0.05) is 18.5 Å². The van der Waals surface area contributed by atoms with Gasteiger partial charge in [0.25, 0.3) is 0 Å². The summed E-state index contributed by atoms with van der Waals surface area (Å²) in [5, 5.41) is 4.87. The molecule has 0 spiro atoms. The number of aryl methyl sites for hydroxylation is 2. The van der Waals surface area contributed by atoms with Gasteiger partial charge >= 0.3 is 0 Å². The zero-order valence-electron chi connectivity index (χ0n) is 12.1. The van der Waals surface area contributed by atoms with Crippen molar-refractivity contribution in [2.24, 2.45) is 12.8 Å². The number of hydrogen-bond donors (Lipinski definition) is 1. The summed E-state index contributed by atoms with van der Waals surface area (Å²) >= 11 is 6.06. The molecule has 0 saturated heterocycles. The molecule has 1 aromatic carbocycles. The zero-order chi connectivity index (χ0) is 15.0. The molecule has 0 amide bonds. The molecule has 0 aliphatic rings. The Morgan fingerprint density at radius 1 is 1.38 bits per heavy atom. The van der Waals surface area contributed by atoms with Crippen molar-refractivity contribution in [3.63, 3.8) is 0 Å². The molecule has 110 valence electrons. The van der Waals surface area contributed by atoms with Crippen LogP contribution in [0.5, 0.6) is 0 Å². The standard InChI is InChI=1S/C15H18ClN5/c1-3-6-21-13-5-4-11(16)7-12(13)19-15(21)14(17)10-8-18-20(2)9-10/h4-5,7-9,14H,3,6,17H2,1-2H3. The van der Waals surface area contributed by atoms with Crippen LogP contribution in [0.3, 0.4) is 0 Å². The van der Waals surface area contributed by atoms with Crippen LogP contribution in [-0.2, 0) is 13.6 Å². The third kappa shape index (κ3) is 2.54. The summed E-state index contributed by atoms with van der Waals surface area (Å²) in [7, 11) is 1.88. The number of imidazole rings is 1. The maximum absolute atomic E-state index is 6.39. The summed E-state index contributed by atoms with van der Waals surface area (Å²) in [4.78, 5) is 4.69. The lowest BCUT2D eigenvalue weighted by Crippen LogP contribution is -2.17. The van der Waals surface area contributed by atoms with Crippen LogP contribution in [0, 0.1) is 0 Å². The van der Waals surface area contributed by atoms with Gasteiger partial charge in [-0.15, -0.1) is 0 Å². The Balaban J connectivity index is 2.14. The number of nitrogens with zero attached hydrogens (tertiary/aromatic N) is 4. The van der Waals surface area contributed by atoms with Gasteiger partial charge in [0.05, 0.1) is 23.3 Å². The highest BCUT2D eigenvalue weighted by Gasteiger charge is 2.19. The SMILES string of the molecule is CCCn1c(C(N)c2cnn(C)c2)nc2cc(Cl)ccc21. The number of halogens is 1. The second kappa shape index (κ2) is 5.50. The minimum atomic E-state index is -0.295. The Kier molecular flexibility index (Phi) is 3.69. The van der Waals surface area contributed by atoms with Crippen molar-refractivity contribution < 1.29 is 0 Å². The monoisotopic (exact) mass is 303 g/mol. The van der Waals surface area contributed by atoms with Crippen LogP contribution >= 0.6 is 11.6 Å². The van der Waals surface area contributed by atoms with Crippen LogP contribution in [0.25, 0.3) is 11.0 Å². The van der Waals surface area contributed by atoms with E-state index < -0.39 is 0 Å². The molecule has 2 aromatic heterocycles. The van der Waals surface area contributed by atoms with E-state index in [1.165, 1.54) is 0 Å². The normalized spacial score (nSPS) is 13.0. The first-order chi connectivity index (χ1) is 10.1. The van der Waals surface area contributed by atoms with Gasteiger partial charge in [0.15, 0.2) is 0 Å². The highest BCUT2D eigenvalue weighted by molar-refractivity contribution is 6.31. The molecule has 1 unspecified atom stereocenters. The van der Waals surface area contributed by atoms with Crippen molar-refractivity contribution in [3.8, 4) is 0 Å². The molecule has 0 bridgehead atoms. The van der Waals surface area contributed by atoms with Gasteiger partial charge in [0.1, 0.15) is 5.82 Å². The highest BCUT2D eigenvalue weighted by Crippen LogP contribution is 2.26. The third-order valence-electron chi connectivity index (χ3n) is 3.55. The minimum absolute atomic E-state index is 0.295. The number of rotatable bonds is 4. The zero-order valence-corrected chi connectivity index (χ0v) is 12.9. The Morgan fingerprint density at radius 3 is 2.86 bits per heavy atom. The van der Waals surface area contributed by atoms with E-state index in [2.05, 4.69) is 16.6 Å². The fraction of sp³-hybridized carbons (Fsp3) is 0.333. The van der Waals surface area contributed by atoms with Crippen LogP contribution < -0.4 is 5.73 Å². The molecule has 0 aliphatic carbocycles. The van der Waals surface area contributed by atoms with E-state index in [9.17, 15) is 0 Å². The largest absolute Gasteiger partial charge is 0.326 e. The van der Waals surface area contributed by atoms with Gasteiger partial charge in [0, 0.05) is 30.4 Å².